The van der Waals surface area contributed by atoms with Gasteiger partial charge in [-0.15, -0.1) is 0 Å². The van der Waals surface area contributed by atoms with Crippen molar-refractivity contribution in [2.75, 3.05) is 0 Å². The average Bonchev–Trinajstić information content (AvgIpc) is 2.55. The van der Waals surface area contributed by atoms with E-state index in [1.165, 1.54) is 0 Å². The summed E-state index contributed by atoms with van der Waals surface area (Å²) in [6.07, 6.45) is 0.527. The van der Waals surface area contributed by atoms with Crippen LogP contribution >= 0.6 is 11.6 Å². The largest absolute Gasteiger partial charge is 0.477 e. The molecule has 2 heterocycles. The number of rotatable bonds is 2. The molecule has 6 nitrogen and oxygen atoms in total. The van der Waals surface area contributed by atoms with Gasteiger partial charge in [0.2, 0.25) is 0 Å². The van der Waals surface area contributed by atoms with Crippen molar-refractivity contribution >= 4 is 23.2 Å². The van der Waals surface area contributed by atoms with Gasteiger partial charge in [0.05, 0.1) is 0 Å². The van der Waals surface area contributed by atoms with E-state index < -0.39 is 5.97 Å². The standard InChI is InChI=1S/C10H10ClN3O3/c1-3-5-4(2)12-8-6(10(16)17)7(11)13-14(8)9(5)15/h13H,3H2,1-2H3,(H,16,17). The van der Waals surface area contributed by atoms with Crippen LogP contribution in [0.2, 0.25) is 5.15 Å². The fourth-order valence-electron chi connectivity index (χ4n) is 1.78. The molecule has 0 amide bonds. The van der Waals surface area contributed by atoms with E-state index in [1.807, 2.05) is 6.92 Å². The van der Waals surface area contributed by atoms with Gasteiger partial charge >= 0.3 is 5.97 Å². The summed E-state index contributed by atoms with van der Waals surface area (Å²) in [5.41, 5.74) is 0.606. The minimum absolute atomic E-state index is 0.0437. The number of nitrogens with one attached hydrogen (secondary N) is 1. The number of aromatic nitrogens is 3. The number of hydrogen-bond donors (Lipinski definition) is 2. The molecule has 0 bridgehead atoms. The predicted octanol–water partition coefficient (Wildman–Crippen LogP) is 1.25. The molecule has 2 N–H and O–H groups in total. The summed E-state index contributed by atoms with van der Waals surface area (Å²) in [6.45, 7) is 3.51. The summed E-state index contributed by atoms with van der Waals surface area (Å²) in [5, 5.41) is 11.4. The molecule has 2 aromatic rings. The molecule has 0 saturated carbocycles. The smallest absolute Gasteiger partial charge is 0.342 e. The fraction of sp³-hybridized carbons (Fsp3) is 0.300. The number of carbonyl (C=O) groups is 1. The number of fused-ring (bicyclic) bond motifs is 1. The molecule has 17 heavy (non-hydrogen) atoms. The number of carboxylic acids is 1. The summed E-state index contributed by atoms with van der Waals surface area (Å²) < 4.78 is 1.07. The summed E-state index contributed by atoms with van der Waals surface area (Å²) in [6, 6.07) is 0. The minimum atomic E-state index is -1.22. The molecular weight excluding hydrogens is 246 g/mol. The van der Waals surface area contributed by atoms with Gasteiger partial charge in [0.25, 0.3) is 5.56 Å². The van der Waals surface area contributed by atoms with Crippen LogP contribution in [0, 0.1) is 6.92 Å². The molecule has 0 aliphatic rings. The van der Waals surface area contributed by atoms with Gasteiger partial charge in [-0.2, -0.15) is 4.52 Å². The fourth-order valence-corrected chi connectivity index (χ4v) is 2.03. The first-order valence-electron chi connectivity index (χ1n) is 5.00. The SMILES string of the molecule is CCc1c(C)nc2c(C(=O)O)c(Cl)[nH]n2c1=O. The first-order valence-corrected chi connectivity index (χ1v) is 5.38. The van der Waals surface area contributed by atoms with Crippen molar-refractivity contribution in [3.8, 4) is 0 Å². The lowest BCUT2D eigenvalue weighted by molar-refractivity contribution is 0.0699. The zero-order valence-corrected chi connectivity index (χ0v) is 10.00. The molecule has 2 aromatic heterocycles. The highest BCUT2D eigenvalue weighted by Gasteiger charge is 2.21. The Morgan fingerprint density at radius 1 is 1.59 bits per heavy atom. The van der Waals surface area contributed by atoms with E-state index in [-0.39, 0.29) is 21.9 Å². The lowest BCUT2D eigenvalue weighted by atomic mass is 10.2. The zero-order chi connectivity index (χ0) is 12.7. The predicted molar refractivity (Wildman–Crippen MR) is 61.9 cm³/mol. The summed E-state index contributed by atoms with van der Waals surface area (Å²) in [5.74, 6) is -1.22. The van der Waals surface area contributed by atoms with Crippen LogP contribution in [-0.4, -0.2) is 25.7 Å². The molecule has 0 unspecified atom stereocenters. The van der Waals surface area contributed by atoms with Gasteiger partial charge in [-0.3, -0.25) is 9.89 Å². The van der Waals surface area contributed by atoms with Gasteiger partial charge in [-0.05, 0) is 13.3 Å². The van der Waals surface area contributed by atoms with Crippen molar-refractivity contribution in [1.82, 2.24) is 14.6 Å². The maximum absolute atomic E-state index is 12.0. The highest BCUT2D eigenvalue weighted by molar-refractivity contribution is 6.33. The van der Waals surface area contributed by atoms with Gasteiger partial charge in [0.1, 0.15) is 10.7 Å². The van der Waals surface area contributed by atoms with Gasteiger partial charge in [0, 0.05) is 11.3 Å². The van der Waals surface area contributed by atoms with Crippen LogP contribution in [0.1, 0.15) is 28.5 Å². The van der Waals surface area contributed by atoms with E-state index in [2.05, 4.69) is 10.1 Å². The Morgan fingerprint density at radius 3 is 2.76 bits per heavy atom. The van der Waals surface area contributed by atoms with E-state index in [9.17, 15) is 9.59 Å². The Bertz CT molecular complexity index is 671. The maximum Gasteiger partial charge on any atom is 0.342 e. The van der Waals surface area contributed by atoms with Gasteiger partial charge < -0.3 is 5.11 Å². The lowest BCUT2D eigenvalue weighted by Crippen LogP contribution is -2.21. The molecule has 90 valence electrons. The normalized spacial score (nSPS) is 11.0. The second-order valence-electron chi connectivity index (χ2n) is 3.60. The molecule has 0 fully saturated rings. The number of aryl methyl sites for hydroxylation is 1. The number of nitrogens with zero attached hydrogens (tertiary/aromatic N) is 2. The topological polar surface area (TPSA) is 87.5 Å². The van der Waals surface area contributed by atoms with Crippen LogP contribution in [0.25, 0.3) is 5.65 Å². The second kappa shape index (κ2) is 3.89. The quantitative estimate of drug-likeness (QED) is 0.845. The molecule has 0 radical (unpaired) electrons. The Labute approximate surface area is 101 Å². The van der Waals surface area contributed by atoms with Crippen LogP contribution in [0.3, 0.4) is 0 Å². The van der Waals surface area contributed by atoms with Crippen LogP contribution in [-0.2, 0) is 6.42 Å². The number of carboxylic acid groups (broad SMARTS) is 1. The monoisotopic (exact) mass is 255 g/mol. The first-order chi connectivity index (χ1) is 7.97. The van der Waals surface area contributed by atoms with Crippen molar-refractivity contribution in [3.05, 3.63) is 32.3 Å². The van der Waals surface area contributed by atoms with E-state index in [1.54, 1.807) is 6.92 Å². The molecule has 0 aliphatic heterocycles. The van der Waals surface area contributed by atoms with E-state index in [0.717, 1.165) is 4.52 Å². The van der Waals surface area contributed by atoms with Crippen LogP contribution in [0.15, 0.2) is 4.79 Å². The Balaban J connectivity index is 2.97. The molecule has 0 saturated heterocycles. The summed E-state index contributed by atoms with van der Waals surface area (Å²) >= 11 is 5.75. The molecule has 7 heteroatoms. The molecule has 0 atom stereocenters. The number of H-pyrrole nitrogens is 1. The maximum atomic E-state index is 12.0. The van der Waals surface area contributed by atoms with Gasteiger partial charge in [-0.25, -0.2) is 9.78 Å². The second-order valence-corrected chi connectivity index (χ2v) is 3.98. The van der Waals surface area contributed by atoms with Crippen molar-refractivity contribution in [3.63, 3.8) is 0 Å². The van der Waals surface area contributed by atoms with Crippen LogP contribution in [0.5, 0.6) is 0 Å². The van der Waals surface area contributed by atoms with Crippen molar-refractivity contribution in [2.24, 2.45) is 0 Å². The van der Waals surface area contributed by atoms with Gasteiger partial charge in [-0.1, -0.05) is 18.5 Å². The molecule has 0 aromatic carbocycles. The molecule has 0 spiro atoms. The Kier molecular flexibility index (Phi) is 2.66. The molecule has 2 rings (SSSR count). The number of hydrogen-bond acceptors (Lipinski definition) is 3. The Hall–Kier alpha value is -1.82. The Morgan fingerprint density at radius 2 is 2.24 bits per heavy atom. The van der Waals surface area contributed by atoms with E-state index in [0.29, 0.717) is 17.7 Å². The van der Waals surface area contributed by atoms with E-state index in [4.69, 9.17) is 16.7 Å². The van der Waals surface area contributed by atoms with Crippen LogP contribution < -0.4 is 5.56 Å². The highest BCUT2D eigenvalue weighted by Crippen LogP contribution is 2.18. The van der Waals surface area contributed by atoms with Crippen molar-refractivity contribution in [2.45, 2.75) is 20.3 Å². The van der Waals surface area contributed by atoms with Crippen LogP contribution in [0.4, 0.5) is 0 Å². The first kappa shape index (κ1) is 11.7. The average molecular weight is 256 g/mol. The van der Waals surface area contributed by atoms with Crippen molar-refractivity contribution < 1.29 is 9.90 Å². The minimum Gasteiger partial charge on any atom is -0.477 e. The third-order valence-electron chi connectivity index (χ3n) is 2.60. The lowest BCUT2D eigenvalue weighted by Gasteiger charge is -2.02. The number of aromatic carboxylic acids is 1. The number of aromatic amines is 1. The van der Waals surface area contributed by atoms with E-state index >= 15 is 0 Å². The summed E-state index contributed by atoms with van der Waals surface area (Å²) in [7, 11) is 0. The highest BCUT2D eigenvalue weighted by atomic mass is 35.5. The van der Waals surface area contributed by atoms with Crippen molar-refractivity contribution in [1.29, 1.82) is 0 Å². The number of halogens is 1. The molecule has 0 aliphatic carbocycles. The summed E-state index contributed by atoms with van der Waals surface area (Å²) in [4.78, 5) is 27.1. The third-order valence-corrected chi connectivity index (χ3v) is 2.88. The zero-order valence-electron chi connectivity index (χ0n) is 9.24. The third kappa shape index (κ3) is 1.61. The molecular formula is C10H10ClN3O3. The van der Waals surface area contributed by atoms with Gasteiger partial charge in [0.15, 0.2) is 5.65 Å².